The van der Waals surface area contributed by atoms with Crippen molar-refractivity contribution in [2.75, 3.05) is 0 Å². The Morgan fingerprint density at radius 3 is 2.38 bits per heavy atom. The molecule has 2 nitrogen and oxygen atoms in total. The van der Waals surface area contributed by atoms with E-state index < -0.39 is 0 Å². The molecular formula is C11H22N2. The third-order valence-electron chi connectivity index (χ3n) is 1.93. The van der Waals surface area contributed by atoms with Crippen LogP contribution in [0.15, 0.2) is 24.8 Å². The van der Waals surface area contributed by atoms with E-state index in [1.807, 2.05) is 12.2 Å². The Kier molecular flexibility index (Phi) is 9.05. The van der Waals surface area contributed by atoms with Crippen LogP contribution in [0.2, 0.25) is 0 Å². The maximum Gasteiger partial charge on any atom is 0.0520 e. The van der Waals surface area contributed by atoms with Gasteiger partial charge in [0.25, 0.3) is 0 Å². The van der Waals surface area contributed by atoms with Crippen LogP contribution in [-0.2, 0) is 0 Å². The lowest BCUT2D eigenvalue weighted by Crippen LogP contribution is -2.29. The summed E-state index contributed by atoms with van der Waals surface area (Å²) in [5, 5.41) is 0. The molecule has 0 aromatic heterocycles. The van der Waals surface area contributed by atoms with Gasteiger partial charge in [-0.25, -0.2) is 0 Å². The predicted octanol–water partition coefficient (Wildman–Crippen LogP) is 2.31. The van der Waals surface area contributed by atoms with Crippen LogP contribution >= 0.6 is 0 Å². The van der Waals surface area contributed by atoms with Crippen LogP contribution in [0.3, 0.4) is 0 Å². The summed E-state index contributed by atoms with van der Waals surface area (Å²) in [7, 11) is 0. The third kappa shape index (κ3) is 11.4. The number of nitrogens with two attached hydrogens (primary N) is 2. The molecule has 0 spiro atoms. The molecule has 0 fully saturated rings. The summed E-state index contributed by atoms with van der Waals surface area (Å²) < 4.78 is 0. The van der Waals surface area contributed by atoms with Crippen molar-refractivity contribution in [3.63, 3.8) is 0 Å². The number of rotatable bonds is 8. The van der Waals surface area contributed by atoms with Crippen LogP contribution in [0.5, 0.6) is 0 Å². The molecule has 0 atom stereocenters. The topological polar surface area (TPSA) is 52.0 Å². The predicted molar refractivity (Wildman–Crippen MR) is 59.2 cm³/mol. The number of hydrogen-bond donors (Lipinski definition) is 2. The van der Waals surface area contributed by atoms with Crippen LogP contribution in [0.25, 0.3) is 0 Å². The molecule has 2 heteroatoms. The van der Waals surface area contributed by atoms with Gasteiger partial charge in [-0.15, -0.1) is 0 Å². The van der Waals surface area contributed by atoms with Crippen molar-refractivity contribution in [2.45, 2.75) is 44.7 Å². The minimum Gasteiger partial charge on any atom is -0.316 e. The Bertz CT molecular complexity index is 139. The summed E-state index contributed by atoms with van der Waals surface area (Å²) in [6.45, 7) is 3.61. The van der Waals surface area contributed by atoms with Crippen LogP contribution in [0, 0.1) is 0 Å². The fraction of sp³-hybridized carbons (Fsp3) is 0.636. The molecule has 0 aromatic rings. The van der Waals surface area contributed by atoms with Gasteiger partial charge in [0.1, 0.15) is 0 Å². The van der Waals surface area contributed by atoms with Crippen molar-refractivity contribution in [2.24, 2.45) is 11.5 Å². The first-order valence-corrected chi connectivity index (χ1v) is 5.06. The van der Waals surface area contributed by atoms with Crippen molar-refractivity contribution in [3.8, 4) is 0 Å². The molecule has 0 rings (SSSR count). The molecule has 0 aliphatic carbocycles. The summed E-state index contributed by atoms with van der Waals surface area (Å²) in [5.74, 6) is 0. The summed E-state index contributed by atoms with van der Waals surface area (Å²) in [6, 6.07) is 0. The first-order chi connectivity index (χ1) is 6.27. The molecule has 0 saturated carbocycles. The van der Waals surface area contributed by atoms with Crippen molar-refractivity contribution in [3.05, 3.63) is 24.8 Å². The van der Waals surface area contributed by atoms with Gasteiger partial charge >= 0.3 is 0 Å². The van der Waals surface area contributed by atoms with Crippen LogP contribution in [-0.4, -0.2) is 6.17 Å². The smallest absolute Gasteiger partial charge is 0.0520 e. The first kappa shape index (κ1) is 12.4. The lowest BCUT2D eigenvalue weighted by atomic mass is 10.1. The molecule has 76 valence electrons. The highest BCUT2D eigenvalue weighted by atomic mass is 14.8. The van der Waals surface area contributed by atoms with E-state index in [1.54, 1.807) is 0 Å². The molecule has 0 aliphatic rings. The molecule has 0 saturated heterocycles. The zero-order chi connectivity index (χ0) is 9.94. The van der Waals surface area contributed by atoms with Crippen molar-refractivity contribution < 1.29 is 0 Å². The van der Waals surface area contributed by atoms with Crippen molar-refractivity contribution in [1.82, 2.24) is 0 Å². The SMILES string of the molecule is C=CC=CCCCCCCC(N)N. The molecular weight excluding hydrogens is 160 g/mol. The zero-order valence-corrected chi connectivity index (χ0v) is 8.41. The largest absolute Gasteiger partial charge is 0.316 e. The monoisotopic (exact) mass is 182 g/mol. The number of hydrogen-bond acceptors (Lipinski definition) is 2. The molecule has 13 heavy (non-hydrogen) atoms. The van der Waals surface area contributed by atoms with Crippen LogP contribution in [0.4, 0.5) is 0 Å². The molecule has 0 bridgehead atoms. The highest BCUT2D eigenvalue weighted by Gasteiger charge is 1.93. The lowest BCUT2D eigenvalue weighted by Gasteiger charge is -2.03. The Morgan fingerprint density at radius 1 is 1.08 bits per heavy atom. The molecule has 0 aromatic carbocycles. The molecule has 0 aliphatic heterocycles. The minimum atomic E-state index is -0.124. The summed E-state index contributed by atoms with van der Waals surface area (Å²) in [4.78, 5) is 0. The molecule has 0 heterocycles. The second kappa shape index (κ2) is 9.49. The lowest BCUT2D eigenvalue weighted by molar-refractivity contribution is 0.555. The van der Waals surface area contributed by atoms with Gasteiger partial charge < -0.3 is 11.5 Å². The van der Waals surface area contributed by atoms with Crippen molar-refractivity contribution in [1.29, 1.82) is 0 Å². The van der Waals surface area contributed by atoms with E-state index >= 15 is 0 Å². The normalized spacial score (nSPS) is 11.3. The van der Waals surface area contributed by atoms with Gasteiger partial charge in [0.15, 0.2) is 0 Å². The van der Waals surface area contributed by atoms with Gasteiger partial charge in [0.05, 0.1) is 6.17 Å². The molecule has 0 amide bonds. The number of unbranched alkanes of at least 4 members (excludes halogenated alkanes) is 4. The van der Waals surface area contributed by atoms with Gasteiger partial charge in [0, 0.05) is 0 Å². The minimum absolute atomic E-state index is 0.124. The number of allylic oxidation sites excluding steroid dienone is 3. The first-order valence-electron chi connectivity index (χ1n) is 5.06. The van der Waals surface area contributed by atoms with Crippen molar-refractivity contribution >= 4 is 0 Å². The van der Waals surface area contributed by atoms with Gasteiger partial charge in [-0.3, -0.25) is 0 Å². The second-order valence-electron chi connectivity index (χ2n) is 3.32. The van der Waals surface area contributed by atoms with Crippen LogP contribution in [0.1, 0.15) is 38.5 Å². The Balaban J connectivity index is 2.99. The molecule has 0 unspecified atom stereocenters. The Hall–Kier alpha value is -0.600. The van der Waals surface area contributed by atoms with Gasteiger partial charge in [-0.2, -0.15) is 0 Å². The van der Waals surface area contributed by atoms with E-state index in [1.165, 1.54) is 19.3 Å². The van der Waals surface area contributed by atoms with E-state index in [0.29, 0.717) is 0 Å². The highest BCUT2D eigenvalue weighted by molar-refractivity contribution is 4.96. The molecule has 0 radical (unpaired) electrons. The average Bonchev–Trinajstić information content (AvgIpc) is 2.09. The fourth-order valence-electron chi connectivity index (χ4n) is 1.19. The quantitative estimate of drug-likeness (QED) is 0.344. The maximum atomic E-state index is 5.43. The van der Waals surface area contributed by atoms with E-state index in [0.717, 1.165) is 19.3 Å². The summed E-state index contributed by atoms with van der Waals surface area (Å²) in [6.07, 6.45) is 12.9. The Labute approximate surface area is 81.7 Å². The highest BCUT2D eigenvalue weighted by Crippen LogP contribution is 2.05. The second-order valence-corrected chi connectivity index (χ2v) is 3.32. The molecule has 4 N–H and O–H groups in total. The van der Waals surface area contributed by atoms with Gasteiger partial charge in [0.2, 0.25) is 0 Å². The third-order valence-corrected chi connectivity index (χ3v) is 1.93. The average molecular weight is 182 g/mol. The van der Waals surface area contributed by atoms with E-state index in [-0.39, 0.29) is 6.17 Å². The van der Waals surface area contributed by atoms with E-state index in [2.05, 4.69) is 12.7 Å². The van der Waals surface area contributed by atoms with E-state index in [4.69, 9.17) is 11.5 Å². The summed E-state index contributed by atoms with van der Waals surface area (Å²) >= 11 is 0. The Morgan fingerprint density at radius 2 is 1.77 bits per heavy atom. The van der Waals surface area contributed by atoms with E-state index in [9.17, 15) is 0 Å². The standard InChI is InChI=1S/C11H22N2/c1-2-3-4-5-6-7-8-9-10-11(12)13/h2-4,11H,1,5-10,12-13H2. The zero-order valence-electron chi connectivity index (χ0n) is 8.41. The van der Waals surface area contributed by atoms with Gasteiger partial charge in [-0.1, -0.05) is 44.1 Å². The summed E-state index contributed by atoms with van der Waals surface area (Å²) in [5.41, 5.74) is 10.9. The maximum absolute atomic E-state index is 5.43. The van der Waals surface area contributed by atoms with Crippen LogP contribution < -0.4 is 11.5 Å². The fourth-order valence-corrected chi connectivity index (χ4v) is 1.19. The van der Waals surface area contributed by atoms with Gasteiger partial charge in [-0.05, 0) is 19.3 Å².